The van der Waals surface area contributed by atoms with E-state index in [1.807, 2.05) is 27.7 Å². The van der Waals surface area contributed by atoms with Crippen molar-refractivity contribution in [2.45, 2.75) is 51.6 Å². The maximum atomic E-state index is 11.7. The average Bonchev–Trinajstić information content (AvgIpc) is 1.80. The van der Waals surface area contributed by atoms with E-state index in [1.54, 1.807) is 0 Å². The Morgan fingerprint density at radius 1 is 1.17 bits per heavy atom. The molecule has 12 heavy (non-hydrogen) atoms. The summed E-state index contributed by atoms with van der Waals surface area (Å²) in [6, 6.07) is 0. The van der Waals surface area contributed by atoms with Crippen molar-refractivity contribution in [2.75, 3.05) is 0 Å². The SMILES string of the molecule is CC1(C)CC(=O)CC(C)(C)N1[O-]. The number of carbonyl (C=O) groups excluding carboxylic acids is 1. The molecule has 1 saturated heterocycles. The van der Waals surface area contributed by atoms with Crippen LogP contribution in [-0.2, 0) is 4.79 Å². The molecule has 0 aliphatic carbocycles. The number of carbonyl (C=O) groups is 1. The van der Waals surface area contributed by atoms with Crippen LogP contribution in [-0.4, -0.2) is 21.9 Å². The van der Waals surface area contributed by atoms with Gasteiger partial charge in [0, 0.05) is 23.9 Å². The van der Waals surface area contributed by atoms with Crippen molar-refractivity contribution < 1.29 is 4.79 Å². The molecule has 70 valence electrons. The van der Waals surface area contributed by atoms with Crippen molar-refractivity contribution in [3.63, 3.8) is 0 Å². The number of hydrogen-bond donors (Lipinski definition) is 0. The van der Waals surface area contributed by atoms with Crippen molar-refractivity contribution >= 4 is 5.78 Å². The van der Waals surface area contributed by atoms with Crippen LogP contribution in [0, 0.1) is 5.21 Å². The number of rotatable bonds is 0. The highest BCUT2D eigenvalue weighted by molar-refractivity contribution is 5.81. The Morgan fingerprint density at radius 2 is 1.50 bits per heavy atom. The minimum atomic E-state index is -0.529. The summed E-state index contributed by atoms with van der Waals surface area (Å²) in [5, 5.41) is 12.7. The lowest BCUT2D eigenvalue weighted by Crippen LogP contribution is -2.57. The lowest BCUT2D eigenvalue weighted by molar-refractivity contribution is -0.130. The monoisotopic (exact) mass is 170 g/mol. The van der Waals surface area contributed by atoms with Gasteiger partial charge in [-0.25, -0.2) is 0 Å². The highest BCUT2D eigenvalue weighted by Gasteiger charge is 2.39. The summed E-state index contributed by atoms with van der Waals surface area (Å²) in [7, 11) is 0. The van der Waals surface area contributed by atoms with Gasteiger partial charge >= 0.3 is 0 Å². The lowest BCUT2D eigenvalue weighted by Gasteiger charge is -2.57. The third-order valence-corrected chi connectivity index (χ3v) is 2.36. The molecular formula is C9H16NO2-. The summed E-state index contributed by atoms with van der Waals surface area (Å²) in [5.41, 5.74) is -1.06. The second-order valence-corrected chi connectivity index (χ2v) is 4.81. The van der Waals surface area contributed by atoms with E-state index in [9.17, 15) is 10.0 Å². The Bertz CT molecular complexity index is 189. The van der Waals surface area contributed by atoms with E-state index in [2.05, 4.69) is 0 Å². The molecule has 0 spiro atoms. The van der Waals surface area contributed by atoms with Gasteiger partial charge in [0.25, 0.3) is 0 Å². The third kappa shape index (κ3) is 1.52. The molecule has 1 heterocycles. The first kappa shape index (κ1) is 9.68. The molecule has 0 bridgehead atoms. The minimum absolute atomic E-state index is 0.192. The van der Waals surface area contributed by atoms with Crippen LogP contribution in [0.25, 0.3) is 0 Å². The standard InChI is InChI=1S/C9H16NO2/c1-8(2)5-7(11)6-9(3,4)10(8)12/h5-6H2,1-4H3/q-1. The highest BCUT2D eigenvalue weighted by Crippen LogP contribution is 2.34. The number of piperidine rings is 1. The fourth-order valence-electron chi connectivity index (χ4n) is 1.99. The van der Waals surface area contributed by atoms with Crippen LogP contribution < -0.4 is 0 Å². The van der Waals surface area contributed by atoms with Gasteiger partial charge in [0.05, 0.1) is 0 Å². The van der Waals surface area contributed by atoms with Gasteiger partial charge in [0.15, 0.2) is 0 Å². The van der Waals surface area contributed by atoms with Gasteiger partial charge in [0.2, 0.25) is 0 Å². The topological polar surface area (TPSA) is 43.4 Å². The Labute approximate surface area is 73.3 Å². The van der Waals surface area contributed by atoms with Gasteiger partial charge in [-0.05, 0) is 27.7 Å². The quantitative estimate of drug-likeness (QED) is 0.555. The Hall–Kier alpha value is -0.410. The van der Waals surface area contributed by atoms with E-state index in [0.717, 1.165) is 5.06 Å². The van der Waals surface area contributed by atoms with Gasteiger partial charge < -0.3 is 10.3 Å². The van der Waals surface area contributed by atoms with Gasteiger partial charge in [-0.15, -0.1) is 0 Å². The number of hydroxylamine groups is 2. The largest absolute Gasteiger partial charge is 0.784 e. The van der Waals surface area contributed by atoms with Gasteiger partial charge in [-0.1, -0.05) is 0 Å². The van der Waals surface area contributed by atoms with Gasteiger partial charge in [-0.2, -0.15) is 0 Å². The Kier molecular flexibility index (Phi) is 2.05. The van der Waals surface area contributed by atoms with E-state index in [1.165, 1.54) is 0 Å². The third-order valence-electron chi connectivity index (χ3n) is 2.36. The number of hydrogen-bond acceptors (Lipinski definition) is 3. The molecule has 0 atom stereocenters. The smallest absolute Gasteiger partial charge is 0.136 e. The molecule has 0 aromatic rings. The molecule has 1 aliphatic rings. The summed E-state index contributed by atoms with van der Waals surface area (Å²) in [4.78, 5) is 11.3. The van der Waals surface area contributed by atoms with E-state index < -0.39 is 11.1 Å². The molecule has 1 aliphatic heterocycles. The Morgan fingerprint density at radius 3 is 1.83 bits per heavy atom. The molecule has 1 fully saturated rings. The average molecular weight is 170 g/mol. The molecule has 0 unspecified atom stereocenters. The number of ketones is 1. The summed E-state index contributed by atoms with van der Waals surface area (Å²) < 4.78 is 0. The summed E-state index contributed by atoms with van der Waals surface area (Å²) >= 11 is 0. The van der Waals surface area contributed by atoms with Crippen molar-refractivity contribution in [3.05, 3.63) is 5.21 Å². The first-order chi connectivity index (χ1) is 5.26. The molecule has 3 nitrogen and oxygen atoms in total. The van der Waals surface area contributed by atoms with Crippen LogP contribution in [0.3, 0.4) is 0 Å². The van der Waals surface area contributed by atoms with Gasteiger partial charge in [-0.3, -0.25) is 4.79 Å². The molecule has 0 N–H and O–H groups in total. The zero-order valence-corrected chi connectivity index (χ0v) is 8.18. The predicted molar refractivity (Wildman–Crippen MR) is 47.6 cm³/mol. The van der Waals surface area contributed by atoms with E-state index in [4.69, 9.17) is 0 Å². The van der Waals surface area contributed by atoms with Crippen LogP contribution in [0.15, 0.2) is 0 Å². The zero-order chi connectivity index (χ0) is 9.57. The fraction of sp³-hybridized carbons (Fsp3) is 0.889. The molecule has 0 aromatic carbocycles. The number of nitrogens with zero attached hydrogens (tertiary/aromatic N) is 1. The van der Waals surface area contributed by atoms with E-state index >= 15 is 0 Å². The second kappa shape index (κ2) is 2.54. The molecule has 0 aromatic heterocycles. The van der Waals surface area contributed by atoms with Crippen molar-refractivity contribution in [3.8, 4) is 0 Å². The molecule has 0 radical (unpaired) electrons. The van der Waals surface area contributed by atoms with Crippen LogP contribution in [0.4, 0.5) is 0 Å². The Balaban J connectivity index is 2.91. The van der Waals surface area contributed by atoms with Crippen LogP contribution >= 0.6 is 0 Å². The molecule has 0 saturated carbocycles. The predicted octanol–water partition coefficient (Wildman–Crippen LogP) is 1.71. The number of Topliss-reactive ketones (excluding diaryl/α,β-unsaturated/α-hetero) is 1. The molecule has 3 heteroatoms. The minimum Gasteiger partial charge on any atom is -0.784 e. The highest BCUT2D eigenvalue weighted by atomic mass is 16.5. The lowest BCUT2D eigenvalue weighted by atomic mass is 9.81. The van der Waals surface area contributed by atoms with Crippen molar-refractivity contribution in [2.24, 2.45) is 0 Å². The molecular weight excluding hydrogens is 154 g/mol. The van der Waals surface area contributed by atoms with E-state index in [0.29, 0.717) is 12.8 Å². The van der Waals surface area contributed by atoms with Crippen molar-refractivity contribution in [1.29, 1.82) is 0 Å². The second-order valence-electron chi connectivity index (χ2n) is 4.81. The van der Waals surface area contributed by atoms with Crippen LogP contribution in [0.5, 0.6) is 0 Å². The summed E-state index contributed by atoms with van der Waals surface area (Å²) in [6.07, 6.45) is 0.750. The van der Waals surface area contributed by atoms with Crippen LogP contribution in [0.1, 0.15) is 40.5 Å². The first-order valence-corrected chi connectivity index (χ1v) is 4.25. The molecule has 1 rings (SSSR count). The van der Waals surface area contributed by atoms with Gasteiger partial charge in [0.1, 0.15) is 5.78 Å². The fourth-order valence-corrected chi connectivity index (χ4v) is 1.99. The molecule has 0 amide bonds. The zero-order valence-electron chi connectivity index (χ0n) is 8.18. The maximum Gasteiger partial charge on any atom is 0.136 e. The summed E-state index contributed by atoms with van der Waals surface area (Å²) in [5.74, 6) is 0.192. The van der Waals surface area contributed by atoms with Crippen molar-refractivity contribution in [1.82, 2.24) is 5.06 Å². The normalized spacial score (nSPS) is 28.9. The first-order valence-electron chi connectivity index (χ1n) is 4.25. The summed E-state index contributed by atoms with van der Waals surface area (Å²) in [6.45, 7) is 7.27. The van der Waals surface area contributed by atoms with E-state index in [-0.39, 0.29) is 5.78 Å². The van der Waals surface area contributed by atoms with Crippen LogP contribution in [0.2, 0.25) is 0 Å². The maximum absolute atomic E-state index is 11.7.